The van der Waals surface area contributed by atoms with Crippen molar-refractivity contribution in [3.8, 4) is 0 Å². The number of aromatic nitrogens is 2. The lowest BCUT2D eigenvalue weighted by Gasteiger charge is -2.28. The van der Waals surface area contributed by atoms with Crippen LogP contribution >= 0.6 is 0 Å². The van der Waals surface area contributed by atoms with Gasteiger partial charge in [0.25, 0.3) is 0 Å². The lowest BCUT2D eigenvalue weighted by atomic mass is 9.82. The second kappa shape index (κ2) is 6.72. The molecule has 2 heterocycles. The fraction of sp³-hybridized carbons (Fsp3) is 0.812. The largest absolute Gasteiger partial charge is 0.381 e. The molecule has 1 unspecified atom stereocenters. The van der Waals surface area contributed by atoms with Gasteiger partial charge in [-0.2, -0.15) is 5.10 Å². The molecule has 1 fully saturated rings. The molecule has 1 N–H and O–H groups in total. The topological polar surface area (TPSA) is 39.1 Å². The molecule has 4 nitrogen and oxygen atoms in total. The summed E-state index contributed by atoms with van der Waals surface area (Å²) in [6.07, 6.45) is 2.21. The molecule has 1 aliphatic rings. The number of ether oxygens (including phenoxy) is 1. The van der Waals surface area contributed by atoms with Crippen LogP contribution in [-0.2, 0) is 17.7 Å². The van der Waals surface area contributed by atoms with Gasteiger partial charge in [0.15, 0.2) is 0 Å². The van der Waals surface area contributed by atoms with Crippen LogP contribution in [0.3, 0.4) is 0 Å². The molecule has 1 aliphatic heterocycles. The molecule has 0 aromatic carbocycles. The lowest BCUT2D eigenvalue weighted by Crippen LogP contribution is -2.38. The summed E-state index contributed by atoms with van der Waals surface area (Å²) in [5.74, 6) is 0.692. The average molecular weight is 279 g/mol. The Morgan fingerprint density at radius 2 is 2.30 bits per heavy atom. The van der Waals surface area contributed by atoms with Crippen LogP contribution < -0.4 is 5.32 Å². The van der Waals surface area contributed by atoms with Crippen LogP contribution in [0, 0.1) is 18.3 Å². The van der Waals surface area contributed by atoms with Gasteiger partial charge in [-0.1, -0.05) is 13.8 Å². The summed E-state index contributed by atoms with van der Waals surface area (Å²) in [7, 11) is 0. The number of rotatable bonds is 7. The minimum absolute atomic E-state index is 0.244. The number of hydrogen-bond acceptors (Lipinski definition) is 3. The summed E-state index contributed by atoms with van der Waals surface area (Å²) in [5.41, 5.74) is 2.71. The Morgan fingerprint density at radius 1 is 1.50 bits per heavy atom. The van der Waals surface area contributed by atoms with Gasteiger partial charge in [-0.15, -0.1) is 0 Å². The fourth-order valence-electron chi connectivity index (χ4n) is 3.02. The molecular weight excluding hydrogens is 250 g/mol. The van der Waals surface area contributed by atoms with E-state index in [-0.39, 0.29) is 5.41 Å². The predicted molar refractivity (Wildman–Crippen MR) is 81.9 cm³/mol. The van der Waals surface area contributed by atoms with Gasteiger partial charge in [0.2, 0.25) is 0 Å². The van der Waals surface area contributed by atoms with Gasteiger partial charge >= 0.3 is 0 Å². The van der Waals surface area contributed by atoms with Crippen molar-refractivity contribution < 1.29 is 4.74 Å². The Balaban J connectivity index is 2.04. The highest BCUT2D eigenvalue weighted by molar-refractivity contribution is 5.12. The van der Waals surface area contributed by atoms with Crippen molar-refractivity contribution in [2.24, 2.45) is 11.3 Å². The van der Waals surface area contributed by atoms with Gasteiger partial charge in [0.05, 0.1) is 12.3 Å². The molecule has 0 amide bonds. The molecule has 1 aromatic rings. The highest BCUT2D eigenvalue weighted by atomic mass is 16.5. The maximum absolute atomic E-state index is 5.70. The van der Waals surface area contributed by atoms with Crippen LogP contribution in [0.1, 0.15) is 38.6 Å². The number of nitrogens with one attached hydrogen (secondary N) is 1. The summed E-state index contributed by atoms with van der Waals surface area (Å²) in [6, 6.07) is 2.23. The summed E-state index contributed by atoms with van der Waals surface area (Å²) >= 11 is 0. The van der Waals surface area contributed by atoms with Gasteiger partial charge in [0, 0.05) is 30.8 Å². The Labute approximate surface area is 122 Å². The fourth-order valence-corrected chi connectivity index (χ4v) is 3.02. The summed E-state index contributed by atoms with van der Waals surface area (Å²) in [5, 5.41) is 8.19. The first kappa shape index (κ1) is 15.5. The van der Waals surface area contributed by atoms with Gasteiger partial charge in [-0.05, 0) is 45.2 Å². The van der Waals surface area contributed by atoms with Crippen molar-refractivity contribution in [2.75, 3.05) is 26.3 Å². The molecule has 0 spiro atoms. The standard InChI is InChI=1S/C16H29N3O/c1-5-19-15(8-14(4)18-19)9-16(6-7-20-12-16)11-17-10-13(2)3/h8,13,17H,5-7,9-12H2,1-4H3. The third-order valence-corrected chi connectivity index (χ3v) is 4.08. The van der Waals surface area contributed by atoms with E-state index < -0.39 is 0 Å². The van der Waals surface area contributed by atoms with E-state index in [4.69, 9.17) is 4.74 Å². The molecule has 0 saturated carbocycles. The highest BCUT2D eigenvalue weighted by Gasteiger charge is 2.35. The van der Waals surface area contributed by atoms with E-state index in [0.29, 0.717) is 5.92 Å². The van der Waals surface area contributed by atoms with Crippen molar-refractivity contribution in [2.45, 2.75) is 47.1 Å². The molecular formula is C16H29N3O. The predicted octanol–water partition coefficient (Wildman–Crippen LogP) is 2.41. The van der Waals surface area contributed by atoms with Crippen LogP contribution in [0.25, 0.3) is 0 Å². The van der Waals surface area contributed by atoms with E-state index in [2.05, 4.69) is 48.9 Å². The Morgan fingerprint density at radius 3 is 2.90 bits per heavy atom. The van der Waals surface area contributed by atoms with Crippen LogP contribution in [0.4, 0.5) is 0 Å². The minimum Gasteiger partial charge on any atom is -0.381 e. The Kier molecular flexibility index (Phi) is 5.22. The van der Waals surface area contributed by atoms with Crippen LogP contribution in [0.15, 0.2) is 6.07 Å². The Hall–Kier alpha value is -0.870. The normalized spacial score (nSPS) is 22.9. The van der Waals surface area contributed by atoms with E-state index in [1.165, 1.54) is 5.69 Å². The number of nitrogens with zero attached hydrogens (tertiary/aromatic N) is 2. The van der Waals surface area contributed by atoms with E-state index in [9.17, 15) is 0 Å². The SMILES string of the molecule is CCn1nc(C)cc1CC1(CNCC(C)C)CCOC1. The highest BCUT2D eigenvalue weighted by Crippen LogP contribution is 2.32. The zero-order valence-electron chi connectivity index (χ0n) is 13.4. The molecule has 0 radical (unpaired) electrons. The molecule has 114 valence electrons. The van der Waals surface area contributed by atoms with Gasteiger partial charge in [0.1, 0.15) is 0 Å². The van der Waals surface area contributed by atoms with Crippen molar-refractivity contribution in [3.05, 3.63) is 17.5 Å². The lowest BCUT2D eigenvalue weighted by molar-refractivity contribution is 0.147. The first-order valence-corrected chi connectivity index (χ1v) is 7.86. The van der Waals surface area contributed by atoms with Crippen LogP contribution in [-0.4, -0.2) is 36.1 Å². The minimum atomic E-state index is 0.244. The second-order valence-corrected chi connectivity index (χ2v) is 6.60. The molecule has 0 aliphatic carbocycles. The zero-order chi connectivity index (χ0) is 14.6. The monoisotopic (exact) mass is 279 g/mol. The molecule has 2 rings (SSSR count). The average Bonchev–Trinajstić information content (AvgIpc) is 2.96. The maximum Gasteiger partial charge on any atom is 0.0596 e. The van der Waals surface area contributed by atoms with E-state index in [0.717, 1.165) is 51.4 Å². The van der Waals surface area contributed by atoms with Crippen molar-refractivity contribution >= 4 is 0 Å². The van der Waals surface area contributed by atoms with E-state index >= 15 is 0 Å². The summed E-state index contributed by atoms with van der Waals surface area (Å²) in [4.78, 5) is 0. The number of aryl methyl sites for hydroxylation is 2. The van der Waals surface area contributed by atoms with Crippen LogP contribution in [0.2, 0.25) is 0 Å². The quantitative estimate of drug-likeness (QED) is 0.833. The first-order valence-electron chi connectivity index (χ1n) is 7.86. The Bertz CT molecular complexity index is 419. The molecule has 1 saturated heterocycles. The van der Waals surface area contributed by atoms with Crippen molar-refractivity contribution in [3.63, 3.8) is 0 Å². The van der Waals surface area contributed by atoms with Crippen molar-refractivity contribution in [1.29, 1.82) is 0 Å². The van der Waals surface area contributed by atoms with Crippen molar-refractivity contribution in [1.82, 2.24) is 15.1 Å². The first-order chi connectivity index (χ1) is 9.54. The summed E-state index contributed by atoms with van der Waals surface area (Å²) in [6.45, 7) is 13.6. The molecule has 1 atom stereocenters. The second-order valence-electron chi connectivity index (χ2n) is 6.60. The summed E-state index contributed by atoms with van der Waals surface area (Å²) < 4.78 is 7.84. The molecule has 1 aromatic heterocycles. The van der Waals surface area contributed by atoms with Gasteiger partial charge in [-0.25, -0.2) is 0 Å². The number of hydrogen-bond donors (Lipinski definition) is 1. The maximum atomic E-state index is 5.70. The van der Waals surface area contributed by atoms with Gasteiger partial charge in [-0.3, -0.25) is 4.68 Å². The molecule has 4 heteroatoms. The molecule has 20 heavy (non-hydrogen) atoms. The van der Waals surface area contributed by atoms with Gasteiger partial charge < -0.3 is 10.1 Å². The zero-order valence-corrected chi connectivity index (χ0v) is 13.4. The van der Waals surface area contributed by atoms with E-state index in [1.54, 1.807) is 0 Å². The van der Waals surface area contributed by atoms with E-state index in [1.807, 2.05) is 0 Å². The smallest absolute Gasteiger partial charge is 0.0596 e. The molecule has 0 bridgehead atoms. The van der Waals surface area contributed by atoms with Crippen LogP contribution in [0.5, 0.6) is 0 Å². The third-order valence-electron chi connectivity index (χ3n) is 4.08. The third kappa shape index (κ3) is 3.83.